The molecule has 3 heterocycles. The third-order valence-corrected chi connectivity index (χ3v) is 4.43. The standard InChI is InChI=1S/C20H18N4O3/c1-2-8-26-14-5-3-12(4-6-14)18-17-16(13-7-9-25-11-13)15(10-21)19(22)27-20(17)24-23-18/h3-7,9,11,16H,2,8,22H2,1H3,(H,23,24). The van der Waals surface area contributed by atoms with Crippen molar-refractivity contribution in [1.29, 1.82) is 5.26 Å². The lowest BCUT2D eigenvalue weighted by molar-refractivity contribution is 0.317. The van der Waals surface area contributed by atoms with Gasteiger partial charge in [0, 0.05) is 11.1 Å². The molecule has 136 valence electrons. The quantitative estimate of drug-likeness (QED) is 0.716. The molecular weight excluding hydrogens is 344 g/mol. The van der Waals surface area contributed by atoms with E-state index in [1.54, 1.807) is 12.5 Å². The molecule has 1 aliphatic rings. The van der Waals surface area contributed by atoms with Gasteiger partial charge in [-0.05, 0) is 36.8 Å². The Balaban J connectivity index is 1.79. The largest absolute Gasteiger partial charge is 0.494 e. The molecular formula is C20H18N4O3. The number of fused-ring (bicyclic) bond motifs is 1. The van der Waals surface area contributed by atoms with Crippen LogP contribution in [0.5, 0.6) is 11.6 Å². The molecule has 0 saturated heterocycles. The molecule has 7 nitrogen and oxygen atoms in total. The van der Waals surface area contributed by atoms with Crippen LogP contribution in [-0.2, 0) is 0 Å². The van der Waals surface area contributed by atoms with Gasteiger partial charge in [-0.1, -0.05) is 6.92 Å². The number of hydrogen-bond acceptors (Lipinski definition) is 6. The summed E-state index contributed by atoms with van der Waals surface area (Å²) in [7, 11) is 0. The molecule has 3 aromatic rings. The van der Waals surface area contributed by atoms with Gasteiger partial charge >= 0.3 is 0 Å². The third kappa shape index (κ3) is 2.91. The molecule has 3 N–H and O–H groups in total. The van der Waals surface area contributed by atoms with Crippen molar-refractivity contribution in [2.24, 2.45) is 5.73 Å². The fraction of sp³-hybridized carbons (Fsp3) is 0.200. The second-order valence-electron chi connectivity index (χ2n) is 6.17. The minimum Gasteiger partial charge on any atom is -0.494 e. The van der Waals surface area contributed by atoms with Gasteiger partial charge in [0.15, 0.2) is 0 Å². The van der Waals surface area contributed by atoms with E-state index in [1.807, 2.05) is 30.3 Å². The molecule has 1 aliphatic heterocycles. The highest BCUT2D eigenvalue weighted by Crippen LogP contribution is 2.45. The number of nitrogens with zero attached hydrogens (tertiary/aromatic N) is 2. The van der Waals surface area contributed by atoms with E-state index < -0.39 is 5.92 Å². The maximum atomic E-state index is 9.63. The minimum atomic E-state index is -0.415. The highest BCUT2D eigenvalue weighted by atomic mass is 16.5. The topological polar surface area (TPSA) is 110 Å². The number of aromatic amines is 1. The van der Waals surface area contributed by atoms with Crippen LogP contribution in [0.4, 0.5) is 0 Å². The Morgan fingerprint density at radius 1 is 1.30 bits per heavy atom. The van der Waals surface area contributed by atoms with Crippen molar-refractivity contribution in [3.05, 3.63) is 65.4 Å². The van der Waals surface area contributed by atoms with E-state index in [4.69, 9.17) is 19.6 Å². The molecule has 0 fully saturated rings. The molecule has 0 aliphatic carbocycles. The fourth-order valence-corrected chi connectivity index (χ4v) is 3.18. The van der Waals surface area contributed by atoms with Crippen molar-refractivity contribution < 1.29 is 13.9 Å². The van der Waals surface area contributed by atoms with E-state index in [9.17, 15) is 5.26 Å². The number of aromatic nitrogens is 2. The lowest BCUT2D eigenvalue weighted by atomic mass is 9.84. The van der Waals surface area contributed by atoms with Crippen LogP contribution >= 0.6 is 0 Å². The van der Waals surface area contributed by atoms with E-state index in [2.05, 4.69) is 23.2 Å². The molecule has 0 bridgehead atoms. The molecule has 1 unspecified atom stereocenters. The lowest BCUT2D eigenvalue weighted by Gasteiger charge is -2.22. The molecule has 27 heavy (non-hydrogen) atoms. The van der Waals surface area contributed by atoms with Crippen LogP contribution in [0, 0.1) is 11.3 Å². The highest BCUT2D eigenvalue weighted by Gasteiger charge is 2.36. The second kappa shape index (κ2) is 6.92. The van der Waals surface area contributed by atoms with Crippen LogP contribution in [0.1, 0.15) is 30.4 Å². The normalized spacial score (nSPS) is 15.8. The zero-order valence-electron chi connectivity index (χ0n) is 14.7. The summed E-state index contributed by atoms with van der Waals surface area (Å²) in [6, 6.07) is 11.7. The predicted octanol–water partition coefficient (Wildman–Crippen LogP) is 3.68. The maximum absolute atomic E-state index is 9.63. The summed E-state index contributed by atoms with van der Waals surface area (Å²) >= 11 is 0. The summed E-state index contributed by atoms with van der Waals surface area (Å²) in [5.74, 6) is 0.803. The number of furan rings is 1. The van der Waals surface area contributed by atoms with Crippen LogP contribution in [-0.4, -0.2) is 16.8 Å². The van der Waals surface area contributed by atoms with Gasteiger partial charge in [0.25, 0.3) is 0 Å². The van der Waals surface area contributed by atoms with Crippen molar-refractivity contribution in [3.8, 4) is 29.0 Å². The van der Waals surface area contributed by atoms with Crippen molar-refractivity contribution in [2.45, 2.75) is 19.3 Å². The monoisotopic (exact) mass is 362 g/mol. The van der Waals surface area contributed by atoms with Gasteiger partial charge in [-0.2, -0.15) is 5.26 Å². The van der Waals surface area contributed by atoms with E-state index in [0.29, 0.717) is 18.1 Å². The van der Waals surface area contributed by atoms with E-state index in [0.717, 1.165) is 34.6 Å². The first-order valence-corrected chi connectivity index (χ1v) is 8.64. The van der Waals surface area contributed by atoms with Crippen LogP contribution < -0.4 is 15.2 Å². The first-order valence-electron chi connectivity index (χ1n) is 8.64. The van der Waals surface area contributed by atoms with Crippen LogP contribution in [0.15, 0.2) is 58.7 Å². The van der Waals surface area contributed by atoms with E-state index in [-0.39, 0.29) is 5.88 Å². The number of rotatable bonds is 5. The summed E-state index contributed by atoms with van der Waals surface area (Å²) in [6.07, 6.45) is 4.11. The van der Waals surface area contributed by atoms with E-state index >= 15 is 0 Å². The average molecular weight is 362 g/mol. The smallest absolute Gasteiger partial charge is 0.244 e. The zero-order chi connectivity index (χ0) is 18.8. The molecule has 0 radical (unpaired) electrons. The van der Waals surface area contributed by atoms with Gasteiger partial charge in [0.2, 0.25) is 11.8 Å². The summed E-state index contributed by atoms with van der Waals surface area (Å²) < 4.78 is 16.4. The summed E-state index contributed by atoms with van der Waals surface area (Å²) in [5, 5.41) is 16.9. The predicted molar refractivity (Wildman–Crippen MR) is 97.8 cm³/mol. The molecule has 0 saturated carbocycles. The minimum absolute atomic E-state index is 0.0533. The van der Waals surface area contributed by atoms with Gasteiger partial charge < -0.3 is 19.6 Å². The maximum Gasteiger partial charge on any atom is 0.244 e. The number of H-pyrrole nitrogens is 1. The molecule has 1 atom stereocenters. The Bertz CT molecular complexity index is 1010. The second-order valence-corrected chi connectivity index (χ2v) is 6.17. The van der Waals surface area contributed by atoms with Crippen molar-refractivity contribution in [1.82, 2.24) is 10.2 Å². The van der Waals surface area contributed by atoms with Gasteiger partial charge in [-0.25, -0.2) is 0 Å². The molecule has 4 rings (SSSR count). The Morgan fingerprint density at radius 3 is 2.78 bits per heavy atom. The number of nitriles is 1. The summed E-state index contributed by atoms with van der Waals surface area (Å²) in [4.78, 5) is 0. The Morgan fingerprint density at radius 2 is 2.11 bits per heavy atom. The number of nitrogens with two attached hydrogens (primary N) is 1. The van der Waals surface area contributed by atoms with Crippen molar-refractivity contribution in [2.75, 3.05) is 6.61 Å². The average Bonchev–Trinajstić information content (AvgIpc) is 3.35. The SMILES string of the molecule is CCCOc1ccc(-c2[nH]nc3c2C(c2ccoc2)C(C#N)=C(N)O3)cc1. The summed E-state index contributed by atoms with van der Waals surface area (Å²) in [5.41, 5.74) is 9.51. The van der Waals surface area contributed by atoms with Crippen molar-refractivity contribution >= 4 is 0 Å². The molecule has 1 aromatic carbocycles. The molecule has 0 spiro atoms. The number of benzene rings is 1. The summed E-state index contributed by atoms with van der Waals surface area (Å²) in [6.45, 7) is 2.73. The third-order valence-electron chi connectivity index (χ3n) is 4.43. The number of hydrogen-bond donors (Lipinski definition) is 2. The lowest BCUT2D eigenvalue weighted by Crippen LogP contribution is -2.20. The first kappa shape index (κ1) is 16.8. The first-order chi connectivity index (χ1) is 13.2. The number of allylic oxidation sites excluding steroid dienone is 1. The Kier molecular flexibility index (Phi) is 4.30. The Labute approximate surface area is 156 Å². The van der Waals surface area contributed by atoms with Gasteiger partial charge in [-0.15, -0.1) is 5.10 Å². The zero-order valence-corrected chi connectivity index (χ0v) is 14.7. The Hall–Kier alpha value is -3.66. The van der Waals surface area contributed by atoms with Crippen molar-refractivity contribution in [3.63, 3.8) is 0 Å². The van der Waals surface area contributed by atoms with Gasteiger partial charge in [-0.3, -0.25) is 5.10 Å². The molecule has 0 amide bonds. The molecule has 2 aromatic heterocycles. The van der Waals surface area contributed by atoms with Crippen LogP contribution in [0.25, 0.3) is 11.3 Å². The van der Waals surface area contributed by atoms with E-state index in [1.165, 1.54) is 0 Å². The molecule has 7 heteroatoms. The van der Waals surface area contributed by atoms with Gasteiger partial charge in [0.05, 0.1) is 36.3 Å². The number of ether oxygens (including phenoxy) is 2. The van der Waals surface area contributed by atoms with Crippen LogP contribution in [0.2, 0.25) is 0 Å². The van der Waals surface area contributed by atoms with Crippen LogP contribution in [0.3, 0.4) is 0 Å². The highest BCUT2D eigenvalue weighted by molar-refractivity contribution is 5.71. The van der Waals surface area contributed by atoms with Gasteiger partial charge in [0.1, 0.15) is 17.4 Å². The number of nitrogens with one attached hydrogen (secondary N) is 1. The fourth-order valence-electron chi connectivity index (χ4n) is 3.18.